The third kappa shape index (κ3) is 16.8. The Morgan fingerprint density at radius 3 is 1.52 bits per heavy atom. The first kappa shape index (κ1) is 61.1. The lowest BCUT2D eigenvalue weighted by Crippen LogP contribution is -2.35. The average molecular weight is 1080 g/mol. The molecular weight excluding hydrogens is 1010 g/mol. The van der Waals surface area contributed by atoms with Gasteiger partial charge < -0.3 is 43.4 Å². The molecule has 22 heteroatoms. The van der Waals surface area contributed by atoms with Gasteiger partial charge in [0, 0.05) is 37.2 Å². The fraction of sp³-hybridized carbons (Fsp3) is 0.509. The molecule has 2 unspecified atom stereocenters. The fourth-order valence-corrected chi connectivity index (χ4v) is 8.92. The molecule has 0 saturated heterocycles. The van der Waals surface area contributed by atoms with Gasteiger partial charge in [-0.1, -0.05) is 9.05 Å². The van der Waals surface area contributed by atoms with Crippen molar-refractivity contribution in [3.63, 3.8) is 0 Å². The Kier molecular flexibility index (Phi) is 20.3. The highest BCUT2D eigenvalue weighted by molar-refractivity contribution is 7.58. The summed E-state index contributed by atoms with van der Waals surface area (Å²) in [6, 6.07) is 17.0. The maximum absolute atomic E-state index is 14.2. The number of phenols is 1. The Balaban J connectivity index is 1.63. The second-order valence-electron chi connectivity index (χ2n) is 21.5. The minimum absolute atomic E-state index is 0.00126. The summed E-state index contributed by atoms with van der Waals surface area (Å²) >= 11 is 0. The molecule has 0 aliphatic carbocycles. The number of hydrogen-bond acceptors (Lipinski definition) is 17. The third-order valence-electron chi connectivity index (χ3n) is 10.9. The van der Waals surface area contributed by atoms with Crippen molar-refractivity contribution >= 4 is 74.2 Å². The van der Waals surface area contributed by atoms with Crippen LogP contribution in [-0.2, 0) is 67.6 Å². The van der Waals surface area contributed by atoms with Gasteiger partial charge in [-0.2, -0.15) is 0 Å². The number of aryl methyl sites for hydroxylation is 2. The highest BCUT2D eigenvalue weighted by Gasteiger charge is 2.57. The standard InChI is InChI=1S/C53H69N3O17P2/c1-17-56-38-30-39(57)37(29-36(38)31(3)42(56)32-19-23-35(24-20-32)67-47(63)55(16)33-21-25-34(26-22-33)66-18-2)54-40(58)27-28-41(74(64)72-48(68-43(59)50(4,5)6)69-44(60)51(7,8)9)75(65)73-49(70-45(61)52(10,11)12)71-46(62)53(13,14)15/h19-26,29-30,41,48-49H,17-18,27-28H2,1-16H3/p+2. The van der Waals surface area contributed by atoms with Crippen LogP contribution in [0.5, 0.6) is 17.2 Å². The molecule has 3 aromatic carbocycles. The van der Waals surface area contributed by atoms with Crippen LogP contribution < -0.4 is 19.7 Å². The monoisotopic (exact) mass is 1080 g/mol. The van der Waals surface area contributed by atoms with Crippen LogP contribution in [0.2, 0.25) is 0 Å². The SMILES string of the molecule is CCOc1ccc(N(C)C(=O)Oc2ccc(-c3c(C)c4cc(NC(=O)CCC([P+](=O)OC(OC(=O)C(C)(C)C)OC(=O)C(C)(C)C)[P+](=O)OC(OC(=O)C(C)(C)C)OC(=O)C(C)(C)C)c(O)cc4n3CC)cc2)cc1. The second kappa shape index (κ2) is 24.9. The topological polar surface area (TPSA) is 251 Å². The molecule has 1 heterocycles. The molecule has 0 aliphatic heterocycles. The van der Waals surface area contributed by atoms with Crippen LogP contribution in [0.4, 0.5) is 16.2 Å². The summed E-state index contributed by atoms with van der Waals surface area (Å²) in [7, 11) is -5.20. The Bertz CT molecular complexity index is 2630. The molecule has 0 aliphatic rings. The molecule has 4 aromatic rings. The lowest BCUT2D eigenvalue weighted by atomic mass is 9.97. The number of hydrogen-bond donors (Lipinski definition) is 2. The number of nitrogens with zero attached hydrogens (tertiary/aromatic N) is 2. The first-order chi connectivity index (χ1) is 34.7. The second-order valence-corrected chi connectivity index (χ2v) is 24.7. The van der Waals surface area contributed by atoms with Gasteiger partial charge in [-0.05, 0) is 179 Å². The Morgan fingerprint density at radius 1 is 0.667 bits per heavy atom. The highest BCUT2D eigenvalue weighted by Crippen LogP contribution is 2.51. The highest BCUT2D eigenvalue weighted by atomic mass is 31.2. The summed E-state index contributed by atoms with van der Waals surface area (Å²) < 4.78 is 73.8. The van der Waals surface area contributed by atoms with E-state index >= 15 is 0 Å². The van der Waals surface area contributed by atoms with Gasteiger partial charge in [0.05, 0.1) is 51.6 Å². The van der Waals surface area contributed by atoms with Gasteiger partial charge in [0.2, 0.25) is 5.91 Å². The summed E-state index contributed by atoms with van der Waals surface area (Å²) in [5, 5.41) is 12.8. The fourth-order valence-electron chi connectivity index (χ4n) is 6.50. The molecule has 75 heavy (non-hydrogen) atoms. The predicted molar refractivity (Wildman–Crippen MR) is 280 cm³/mol. The van der Waals surface area contributed by atoms with E-state index < -0.39 is 105 Å². The maximum Gasteiger partial charge on any atom is 0.574 e. The molecule has 4 rings (SSSR count). The smallest absolute Gasteiger partial charge is 0.506 e. The summed E-state index contributed by atoms with van der Waals surface area (Å²) in [5.74, 6) is -3.79. The van der Waals surface area contributed by atoms with E-state index in [1.165, 1.54) is 94.1 Å². The van der Waals surface area contributed by atoms with Crippen molar-refractivity contribution in [1.29, 1.82) is 0 Å². The van der Waals surface area contributed by atoms with Gasteiger partial charge in [0.1, 0.15) is 17.2 Å². The Labute approximate surface area is 439 Å². The van der Waals surface area contributed by atoms with Crippen LogP contribution in [-0.4, -0.2) is 77.6 Å². The first-order valence-electron chi connectivity index (χ1n) is 24.2. The van der Waals surface area contributed by atoms with E-state index in [9.17, 15) is 43.0 Å². The summed E-state index contributed by atoms with van der Waals surface area (Å²) in [4.78, 5) is 80.2. The number of phenolic OH excluding ortho intramolecular Hbond substituents is 1. The van der Waals surface area contributed by atoms with Crippen LogP contribution in [0.25, 0.3) is 22.2 Å². The number of anilines is 2. The van der Waals surface area contributed by atoms with Gasteiger partial charge in [0.25, 0.3) is 0 Å². The van der Waals surface area contributed by atoms with Crippen molar-refractivity contribution in [2.45, 2.75) is 142 Å². The van der Waals surface area contributed by atoms with E-state index in [1.54, 1.807) is 61.6 Å². The zero-order valence-corrected chi connectivity index (χ0v) is 47.4. The number of nitrogens with one attached hydrogen (secondary N) is 1. The quantitative estimate of drug-likeness (QED) is 0.0361. The number of amides is 2. The van der Waals surface area contributed by atoms with E-state index in [1.807, 2.05) is 25.3 Å². The summed E-state index contributed by atoms with van der Waals surface area (Å²) in [6.45, 7) is 20.3. The number of ether oxygens (including phenoxy) is 6. The van der Waals surface area contributed by atoms with Gasteiger partial charge in [0.15, 0.2) is 0 Å². The number of rotatable bonds is 20. The summed E-state index contributed by atoms with van der Waals surface area (Å²) in [6.07, 6.45) is -1.74. The van der Waals surface area contributed by atoms with Gasteiger partial charge in [-0.3, -0.25) is 28.9 Å². The third-order valence-corrected chi connectivity index (χ3v) is 14.3. The minimum atomic E-state index is -3.40. The molecular formula is C53H71N3O17P2+2. The molecule has 20 nitrogen and oxygen atoms in total. The van der Waals surface area contributed by atoms with Gasteiger partial charge in [-0.15, -0.1) is 0 Å². The lowest BCUT2D eigenvalue weighted by Gasteiger charge is -2.23. The van der Waals surface area contributed by atoms with E-state index in [2.05, 4.69) is 5.32 Å². The van der Waals surface area contributed by atoms with Crippen molar-refractivity contribution in [3.8, 4) is 28.5 Å². The van der Waals surface area contributed by atoms with Crippen molar-refractivity contribution in [3.05, 3.63) is 66.2 Å². The number of carbonyl (C=O) groups is 6. The predicted octanol–water partition coefficient (Wildman–Crippen LogP) is 11.9. The van der Waals surface area contributed by atoms with Crippen LogP contribution in [0, 0.1) is 28.6 Å². The zero-order chi connectivity index (χ0) is 56.5. The molecule has 2 atom stereocenters. The van der Waals surface area contributed by atoms with Crippen LogP contribution in [0.1, 0.15) is 115 Å². The normalized spacial score (nSPS) is 12.9. The number of aromatic nitrogens is 1. The number of aromatic hydroxyl groups is 1. The van der Waals surface area contributed by atoms with Crippen molar-refractivity contribution in [2.75, 3.05) is 23.9 Å². The molecule has 0 fully saturated rings. The van der Waals surface area contributed by atoms with Crippen LogP contribution in [0.3, 0.4) is 0 Å². The molecule has 0 spiro atoms. The maximum atomic E-state index is 14.2. The first-order valence-corrected chi connectivity index (χ1v) is 26.7. The molecule has 0 bridgehead atoms. The van der Waals surface area contributed by atoms with Gasteiger partial charge in [-0.25, -0.2) is 4.79 Å². The molecule has 2 amide bonds. The van der Waals surface area contributed by atoms with E-state index in [-0.39, 0.29) is 11.4 Å². The molecule has 1 aromatic heterocycles. The molecule has 2 N–H and O–H groups in total. The number of carbonyl (C=O) groups excluding carboxylic acids is 6. The lowest BCUT2D eigenvalue weighted by molar-refractivity contribution is -0.244. The molecule has 0 saturated carbocycles. The van der Waals surface area contributed by atoms with E-state index in [4.69, 9.17) is 37.5 Å². The minimum Gasteiger partial charge on any atom is -0.506 e. The van der Waals surface area contributed by atoms with Crippen LogP contribution >= 0.6 is 16.1 Å². The van der Waals surface area contributed by atoms with Crippen molar-refractivity contribution < 1.29 is 80.5 Å². The number of benzene rings is 3. The number of esters is 4. The zero-order valence-electron chi connectivity index (χ0n) is 45.6. The van der Waals surface area contributed by atoms with E-state index in [0.29, 0.717) is 41.2 Å². The van der Waals surface area contributed by atoms with Crippen molar-refractivity contribution in [2.24, 2.45) is 21.7 Å². The Hall–Kier alpha value is -6.46. The van der Waals surface area contributed by atoms with Gasteiger partial charge >= 0.3 is 64.4 Å². The largest absolute Gasteiger partial charge is 0.574 e. The Morgan fingerprint density at radius 2 is 1.11 bits per heavy atom. The number of fused-ring (bicyclic) bond motifs is 1. The van der Waals surface area contributed by atoms with Crippen molar-refractivity contribution in [1.82, 2.24) is 4.57 Å². The molecule has 0 radical (unpaired) electrons. The summed E-state index contributed by atoms with van der Waals surface area (Å²) in [5.41, 5.74) is -1.08. The molecule has 408 valence electrons. The van der Waals surface area contributed by atoms with Crippen LogP contribution in [0.15, 0.2) is 60.7 Å². The average Bonchev–Trinajstić information content (AvgIpc) is 3.57. The van der Waals surface area contributed by atoms with E-state index in [0.717, 1.165) is 16.8 Å².